The second-order valence-corrected chi connectivity index (χ2v) is 5.56. The van der Waals surface area contributed by atoms with Gasteiger partial charge in [0.1, 0.15) is 5.69 Å². The molecule has 23 heavy (non-hydrogen) atoms. The average Bonchev–Trinajstić information content (AvgIpc) is 2.93. The summed E-state index contributed by atoms with van der Waals surface area (Å²) in [6, 6.07) is 7.68. The van der Waals surface area contributed by atoms with Gasteiger partial charge in [-0.05, 0) is 26.0 Å². The summed E-state index contributed by atoms with van der Waals surface area (Å²) >= 11 is 0. The normalized spacial score (nSPS) is 10.7. The monoisotopic (exact) mass is 339 g/mol. The van der Waals surface area contributed by atoms with Crippen LogP contribution in [0.25, 0.3) is 5.69 Å². The molecule has 0 unspecified atom stereocenters. The maximum Gasteiger partial charge on any atom is 0.294 e. The van der Waals surface area contributed by atoms with Crippen molar-refractivity contribution in [3.05, 3.63) is 52.3 Å². The Morgan fingerprint density at radius 2 is 2.04 bits per heavy atom. The van der Waals surface area contributed by atoms with Crippen molar-refractivity contribution < 1.29 is 9.72 Å². The molecule has 1 heterocycles. The van der Waals surface area contributed by atoms with Gasteiger partial charge in [-0.15, -0.1) is 12.4 Å². The van der Waals surface area contributed by atoms with Gasteiger partial charge in [-0.1, -0.05) is 12.1 Å². The quantitative estimate of drug-likeness (QED) is 0.635. The number of nitro benzene ring substituents is 1. The van der Waals surface area contributed by atoms with Crippen LogP contribution in [0.3, 0.4) is 0 Å². The Morgan fingerprint density at radius 1 is 1.39 bits per heavy atom. The highest BCUT2D eigenvalue weighted by Crippen LogP contribution is 2.21. The number of carbonyl (C=O) groups excluding carboxylic acids is 1. The van der Waals surface area contributed by atoms with E-state index in [1.54, 1.807) is 32.0 Å². The molecule has 1 aromatic heterocycles. The Bertz CT molecular complexity index is 708. The maximum atomic E-state index is 12.0. The van der Waals surface area contributed by atoms with Gasteiger partial charge in [-0.3, -0.25) is 14.9 Å². The summed E-state index contributed by atoms with van der Waals surface area (Å²) in [4.78, 5) is 22.5. The number of benzene rings is 1. The highest BCUT2D eigenvalue weighted by molar-refractivity contribution is 5.92. The lowest BCUT2D eigenvalue weighted by molar-refractivity contribution is -0.384. The summed E-state index contributed by atoms with van der Waals surface area (Å²) in [5.74, 6) is -0.379. The van der Waals surface area contributed by atoms with Gasteiger partial charge in [0.25, 0.3) is 11.6 Å². The fraction of sp³-hybridized carbons (Fsp3) is 0.286. The van der Waals surface area contributed by atoms with Crippen molar-refractivity contribution in [2.75, 3.05) is 6.54 Å². The Balaban J connectivity index is 0.00000264. The van der Waals surface area contributed by atoms with E-state index in [9.17, 15) is 14.9 Å². The number of hydrogen-bond donors (Lipinski definition) is 2. The van der Waals surface area contributed by atoms with Crippen LogP contribution in [0.4, 0.5) is 5.69 Å². The molecule has 124 valence electrons. The first-order chi connectivity index (χ1) is 10.3. The minimum atomic E-state index is -0.531. The van der Waals surface area contributed by atoms with Crippen LogP contribution in [0.1, 0.15) is 24.3 Å². The minimum absolute atomic E-state index is 0. The molecule has 2 rings (SSSR count). The van der Waals surface area contributed by atoms with E-state index in [-0.39, 0.29) is 29.7 Å². The van der Waals surface area contributed by atoms with Gasteiger partial charge in [0, 0.05) is 24.3 Å². The first-order valence-corrected chi connectivity index (χ1v) is 6.64. The van der Waals surface area contributed by atoms with E-state index in [1.807, 2.05) is 0 Å². The van der Waals surface area contributed by atoms with E-state index in [0.717, 1.165) is 0 Å². The minimum Gasteiger partial charge on any atom is -0.349 e. The molecule has 0 aliphatic carbocycles. The summed E-state index contributed by atoms with van der Waals surface area (Å²) in [7, 11) is 0. The lowest BCUT2D eigenvalue weighted by atomic mass is 10.1. The molecule has 0 bridgehead atoms. The molecule has 0 fully saturated rings. The molecule has 1 amide bonds. The summed E-state index contributed by atoms with van der Waals surface area (Å²) in [6.07, 6.45) is 1.50. The van der Waals surface area contributed by atoms with Crippen LogP contribution >= 0.6 is 12.4 Å². The molecule has 9 heteroatoms. The topological polar surface area (TPSA) is 116 Å². The fourth-order valence-electron chi connectivity index (χ4n) is 1.79. The third kappa shape index (κ3) is 4.76. The Morgan fingerprint density at radius 3 is 2.65 bits per heavy atom. The van der Waals surface area contributed by atoms with E-state index >= 15 is 0 Å². The van der Waals surface area contributed by atoms with E-state index in [0.29, 0.717) is 12.2 Å². The number of amides is 1. The van der Waals surface area contributed by atoms with E-state index < -0.39 is 10.5 Å². The molecule has 0 aliphatic rings. The molecule has 2 aromatic rings. The average molecular weight is 340 g/mol. The number of nitro groups is 1. The van der Waals surface area contributed by atoms with Crippen molar-refractivity contribution in [2.45, 2.75) is 19.4 Å². The number of halogens is 1. The molecule has 0 radical (unpaired) electrons. The molecular weight excluding hydrogens is 322 g/mol. The highest BCUT2D eigenvalue weighted by atomic mass is 35.5. The largest absolute Gasteiger partial charge is 0.349 e. The molecule has 0 saturated carbocycles. The van der Waals surface area contributed by atoms with Gasteiger partial charge in [-0.25, -0.2) is 4.68 Å². The molecule has 0 aliphatic heterocycles. The summed E-state index contributed by atoms with van der Waals surface area (Å²) in [6.45, 7) is 3.88. The lowest BCUT2D eigenvalue weighted by Crippen LogP contribution is -2.45. The van der Waals surface area contributed by atoms with Gasteiger partial charge in [0.05, 0.1) is 4.92 Å². The maximum absolute atomic E-state index is 12.0. The van der Waals surface area contributed by atoms with Crippen LogP contribution in [0.5, 0.6) is 0 Å². The first kappa shape index (κ1) is 18.6. The predicted octanol–water partition coefficient (Wildman–Crippen LogP) is 1.67. The third-order valence-electron chi connectivity index (χ3n) is 2.85. The number of nitrogens with zero attached hydrogens (tertiary/aromatic N) is 3. The smallest absolute Gasteiger partial charge is 0.294 e. The van der Waals surface area contributed by atoms with Crippen molar-refractivity contribution in [1.82, 2.24) is 15.1 Å². The Labute approximate surface area is 139 Å². The van der Waals surface area contributed by atoms with Crippen molar-refractivity contribution in [2.24, 2.45) is 5.73 Å². The lowest BCUT2D eigenvalue weighted by Gasteiger charge is -2.18. The van der Waals surface area contributed by atoms with Crippen molar-refractivity contribution in [3.63, 3.8) is 0 Å². The zero-order chi connectivity index (χ0) is 16.3. The summed E-state index contributed by atoms with van der Waals surface area (Å²) < 4.78 is 1.31. The molecule has 1 aromatic carbocycles. The van der Waals surface area contributed by atoms with Gasteiger partial charge < -0.3 is 11.1 Å². The van der Waals surface area contributed by atoms with Crippen LogP contribution < -0.4 is 11.1 Å². The zero-order valence-corrected chi connectivity index (χ0v) is 13.5. The van der Waals surface area contributed by atoms with Gasteiger partial charge in [0.2, 0.25) is 0 Å². The number of rotatable bonds is 5. The molecule has 0 atom stereocenters. The van der Waals surface area contributed by atoms with Crippen LogP contribution in [-0.4, -0.2) is 32.7 Å². The molecule has 0 saturated heterocycles. The van der Waals surface area contributed by atoms with Gasteiger partial charge in [0.15, 0.2) is 5.69 Å². The second-order valence-electron chi connectivity index (χ2n) is 5.56. The number of hydrogen-bond acceptors (Lipinski definition) is 5. The second kappa shape index (κ2) is 7.21. The van der Waals surface area contributed by atoms with Crippen LogP contribution in [0.2, 0.25) is 0 Å². The number of nitrogens with two attached hydrogens (primary N) is 1. The molecular formula is C14H18ClN5O3. The third-order valence-corrected chi connectivity index (χ3v) is 2.85. The van der Waals surface area contributed by atoms with E-state index in [4.69, 9.17) is 5.73 Å². The molecule has 0 spiro atoms. The zero-order valence-electron chi connectivity index (χ0n) is 12.7. The number of para-hydroxylation sites is 2. The Kier molecular flexibility index (Phi) is 5.83. The predicted molar refractivity (Wildman–Crippen MR) is 88.1 cm³/mol. The highest BCUT2D eigenvalue weighted by Gasteiger charge is 2.18. The van der Waals surface area contributed by atoms with Crippen molar-refractivity contribution in [3.8, 4) is 5.69 Å². The number of aromatic nitrogens is 2. The molecule has 3 N–H and O–H groups in total. The standard InChI is InChI=1S/C14H17N5O3.ClH/c1-14(2,15)9-16-13(20)10-7-8-18(17-10)11-5-3-4-6-12(11)19(21)22;/h3-8H,9,15H2,1-2H3,(H,16,20);1H. The fourth-order valence-corrected chi connectivity index (χ4v) is 1.79. The summed E-state index contributed by atoms with van der Waals surface area (Å²) in [5, 5.41) is 17.8. The molecule has 8 nitrogen and oxygen atoms in total. The van der Waals surface area contributed by atoms with Crippen LogP contribution in [0.15, 0.2) is 36.5 Å². The first-order valence-electron chi connectivity index (χ1n) is 6.64. The van der Waals surface area contributed by atoms with Crippen molar-refractivity contribution >= 4 is 24.0 Å². The van der Waals surface area contributed by atoms with Gasteiger partial charge in [-0.2, -0.15) is 5.10 Å². The summed E-state index contributed by atoms with van der Waals surface area (Å²) in [5.41, 5.74) is 5.65. The van der Waals surface area contributed by atoms with Crippen molar-refractivity contribution in [1.29, 1.82) is 0 Å². The van der Waals surface area contributed by atoms with E-state index in [1.165, 1.54) is 23.0 Å². The van der Waals surface area contributed by atoms with Crippen LogP contribution in [0, 0.1) is 10.1 Å². The van der Waals surface area contributed by atoms with Gasteiger partial charge >= 0.3 is 0 Å². The number of nitrogens with one attached hydrogen (secondary N) is 1. The Hall–Kier alpha value is -2.45. The van der Waals surface area contributed by atoms with E-state index in [2.05, 4.69) is 10.4 Å². The SMILES string of the molecule is CC(C)(N)CNC(=O)c1ccn(-c2ccccc2[N+](=O)[O-])n1.Cl. The number of carbonyl (C=O) groups is 1. The van der Waals surface area contributed by atoms with Crippen LogP contribution in [-0.2, 0) is 0 Å².